The van der Waals surface area contributed by atoms with Gasteiger partial charge in [0.25, 0.3) is 0 Å². The molecule has 20 rings (SSSR count). The van der Waals surface area contributed by atoms with E-state index in [1.54, 1.807) is 45.3 Å². The van der Waals surface area contributed by atoms with Gasteiger partial charge in [-0.3, -0.25) is 0 Å². The molecule has 4 aromatic heterocycles. The Bertz CT molecular complexity index is 6480. The molecule has 106 heavy (non-hydrogen) atoms. The Morgan fingerprint density at radius 3 is 0.698 bits per heavy atom. The first-order valence-electron chi connectivity index (χ1n) is 36.3. The van der Waals surface area contributed by atoms with E-state index in [1.807, 2.05) is 0 Å². The Balaban J connectivity index is 0.000000146. The summed E-state index contributed by atoms with van der Waals surface area (Å²) in [5, 5.41) is 19.2. The Kier molecular flexibility index (Phi) is 15.9. The summed E-state index contributed by atoms with van der Waals surface area (Å²) in [5.74, 6) is 0. The van der Waals surface area contributed by atoms with Gasteiger partial charge in [-0.25, -0.2) is 19.9 Å². The number of nitrogens with zero attached hydrogens (tertiary/aromatic N) is 4. The lowest BCUT2D eigenvalue weighted by molar-refractivity contribution is 0.591. The highest BCUT2D eigenvalue weighted by molar-refractivity contribution is 7.22. The van der Waals surface area contributed by atoms with E-state index in [0.717, 1.165) is 64.4 Å². The summed E-state index contributed by atoms with van der Waals surface area (Å²) < 4.78 is 4.93. The number of thiazole rings is 4. The van der Waals surface area contributed by atoms with Crippen LogP contribution in [-0.4, -0.2) is 19.9 Å². The van der Waals surface area contributed by atoms with Crippen LogP contribution in [0.3, 0.4) is 0 Å². The third kappa shape index (κ3) is 11.8. The summed E-state index contributed by atoms with van der Waals surface area (Å²) in [7, 11) is 0. The van der Waals surface area contributed by atoms with Crippen LogP contribution in [0.15, 0.2) is 291 Å². The van der Waals surface area contributed by atoms with Crippen LogP contribution in [0.4, 0.5) is 0 Å². The van der Waals surface area contributed by atoms with Gasteiger partial charge in [0.05, 0.1) is 40.9 Å². The van der Waals surface area contributed by atoms with Crippen molar-refractivity contribution < 1.29 is 0 Å². The predicted molar refractivity (Wildman–Crippen MR) is 461 cm³/mol. The molecule has 0 aliphatic rings. The highest BCUT2D eigenvalue weighted by Gasteiger charge is 2.24. The van der Waals surface area contributed by atoms with Crippen LogP contribution in [0.2, 0.25) is 0 Å². The van der Waals surface area contributed by atoms with Crippen molar-refractivity contribution in [3.8, 4) is 86.8 Å². The summed E-state index contributed by atoms with van der Waals surface area (Å²) in [6, 6.07) is 107. The zero-order valence-corrected chi connectivity index (χ0v) is 63.4. The lowest BCUT2D eigenvalue weighted by Crippen LogP contribution is -2.10. The fourth-order valence-electron chi connectivity index (χ4n) is 15.4. The zero-order valence-electron chi connectivity index (χ0n) is 60.1. The third-order valence-electron chi connectivity index (χ3n) is 21.1. The monoisotopic (exact) mass is 1430 g/mol. The first-order valence-corrected chi connectivity index (χ1v) is 39.5. The summed E-state index contributed by atoms with van der Waals surface area (Å²) in [6.07, 6.45) is 0. The number of aromatic nitrogens is 4. The molecule has 0 spiro atoms. The van der Waals surface area contributed by atoms with Gasteiger partial charge in [-0.05, 0) is 229 Å². The van der Waals surface area contributed by atoms with Crippen molar-refractivity contribution in [1.29, 1.82) is 0 Å². The molecule has 0 aliphatic heterocycles. The molecular formula is C98H72N4S4. The third-order valence-corrected chi connectivity index (χ3v) is 25.3. The number of aryl methyl sites for hydroxylation is 2. The van der Waals surface area contributed by atoms with Gasteiger partial charge in [0.2, 0.25) is 0 Å². The molecule has 0 fully saturated rings. The minimum absolute atomic E-state index is 0.101. The van der Waals surface area contributed by atoms with Crippen LogP contribution in [0.1, 0.15) is 63.8 Å². The first kappa shape index (κ1) is 65.4. The highest BCUT2D eigenvalue weighted by Crippen LogP contribution is 2.49. The van der Waals surface area contributed by atoms with E-state index in [9.17, 15) is 0 Å². The van der Waals surface area contributed by atoms with E-state index in [1.165, 1.54) is 150 Å². The molecule has 0 N–H and O–H groups in total. The molecule has 0 atom stereocenters. The van der Waals surface area contributed by atoms with E-state index in [4.69, 9.17) is 19.9 Å². The first-order chi connectivity index (χ1) is 51.5. The quantitative estimate of drug-likeness (QED) is 0.142. The molecule has 0 radical (unpaired) electrons. The van der Waals surface area contributed by atoms with E-state index in [0.29, 0.717) is 0 Å². The van der Waals surface area contributed by atoms with E-state index >= 15 is 0 Å². The second-order valence-corrected chi connectivity index (χ2v) is 34.4. The standard InChI is InChI=1S/C52H42N2S2.C46H30N2S2/c1-51(2,3)37-23-25-43-45(29-37)55-49(53-43)33-19-15-31(16-20-33)47-39-13-9-10-14-40(39)48(42-28-36-12-8-7-11-35(36)27-41(42)47)32-17-21-34(22-18-32)50-54-44-26-24-38(52(4,5)6)30-46(44)56-50;1-27-11-21-39-41(23-27)49-45(47-39)31-17-13-29(14-18-31)43-35-9-5-6-10-36(35)44(38-26-34-8-4-3-7-33(34)25-37(38)43)30-15-19-32(20-16-30)46-48-40-22-12-28(2)24-42(40)50-46/h7-30H,1-6H3;3-26H,1-2H3. The largest absolute Gasteiger partial charge is 0.236 e. The molecule has 0 saturated carbocycles. The average Bonchev–Trinajstić information content (AvgIpc) is 0.971. The molecule has 8 heteroatoms. The Hall–Kier alpha value is -11.4. The average molecular weight is 1430 g/mol. The van der Waals surface area contributed by atoms with Crippen LogP contribution in [-0.2, 0) is 10.8 Å². The summed E-state index contributed by atoms with van der Waals surface area (Å²) in [4.78, 5) is 20.0. The van der Waals surface area contributed by atoms with E-state index in [2.05, 4.69) is 347 Å². The number of fused-ring (bicyclic) bond motifs is 10. The normalized spacial score (nSPS) is 12.2. The van der Waals surface area contributed by atoms with E-state index in [-0.39, 0.29) is 10.8 Å². The maximum absolute atomic E-state index is 5.05. The van der Waals surface area contributed by atoms with Gasteiger partial charge in [-0.1, -0.05) is 260 Å². The van der Waals surface area contributed by atoms with Crippen molar-refractivity contribution in [2.45, 2.75) is 66.2 Å². The number of hydrogen-bond donors (Lipinski definition) is 0. The molecule has 0 saturated heterocycles. The van der Waals surface area contributed by atoms with Gasteiger partial charge in [0.15, 0.2) is 0 Å². The van der Waals surface area contributed by atoms with Gasteiger partial charge >= 0.3 is 0 Å². The van der Waals surface area contributed by atoms with Crippen molar-refractivity contribution >= 4 is 151 Å². The zero-order chi connectivity index (χ0) is 71.7. The lowest BCUT2D eigenvalue weighted by atomic mass is 9.84. The second kappa shape index (κ2) is 25.8. The van der Waals surface area contributed by atoms with Crippen molar-refractivity contribution in [2.75, 3.05) is 0 Å². The Morgan fingerprint density at radius 1 is 0.217 bits per heavy atom. The van der Waals surface area contributed by atoms with Gasteiger partial charge in [0, 0.05) is 22.3 Å². The second-order valence-electron chi connectivity index (χ2n) is 30.3. The van der Waals surface area contributed by atoms with Gasteiger partial charge in [-0.15, -0.1) is 45.3 Å². The topological polar surface area (TPSA) is 51.6 Å². The molecular weight excluding hydrogens is 1360 g/mol. The molecule has 4 heterocycles. The minimum Gasteiger partial charge on any atom is -0.236 e. The van der Waals surface area contributed by atoms with Gasteiger partial charge in [0.1, 0.15) is 20.0 Å². The Morgan fingerprint density at radius 2 is 0.443 bits per heavy atom. The predicted octanol–water partition coefficient (Wildman–Crippen LogP) is 29.3. The molecule has 20 aromatic rings. The van der Waals surface area contributed by atoms with Crippen LogP contribution < -0.4 is 0 Å². The van der Waals surface area contributed by atoms with Crippen molar-refractivity contribution in [2.24, 2.45) is 0 Å². The fourth-order valence-corrected chi connectivity index (χ4v) is 19.6. The summed E-state index contributed by atoms with van der Waals surface area (Å²) in [6.45, 7) is 17.9. The maximum Gasteiger partial charge on any atom is 0.124 e. The van der Waals surface area contributed by atoms with Crippen LogP contribution >= 0.6 is 45.3 Å². The van der Waals surface area contributed by atoms with Crippen LogP contribution in [0.5, 0.6) is 0 Å². The molecule has 4 nitrogen and oxygen atoms in total. The summed E-state index contributed by atoms with van der Waals surface area (Å²) >= 11 is 7.07. The van der Waals surface area contributed by atoms with Crippen LogP contribution in [0.25, 0.3) is 192 Å². The molecule has 0 aliphatic carbocycles. The molecule has 16 aromatic carbocycles. The van der Waals surface area contributed by atoms with E-state index < -0.39 is 0 Å². The summed E-state index contributed by atoms with van der Waals surface area (Å²) in [5.41, 5.74) is 24.1. The number of benzene rings is 16. The maximum atomic E-state index is 5.05. The van der Waals surface area contributed by atoms with Crippen molar-refractivity contribution in [1.82, 2.24) is 19.9 Å². The molecule has 0 bridgehead atoms. The number of rotatable bonds is 8. The number of hydrogen-bond acceptors (Lipinski definition) is 8. The molecule has 0 unspecified atom stereocenters. The highest BCUT2D eigenvalue weighted by atomic mass is 32.1. The Labute approximate surface area is 632 Å². The van der Waals surface area contributed by atoms with Gasteiger partial charge in [-0.2, -0.15) is 0 Å². The molecule has 508 valence electrons. The minimum atomic E-state index is 0.101. The lowest BCUT2D eigenvalue weighted by Gasteiger charge is -2.19. The van der Waals surface area contributed by atoms with Crippen molar-refractivity contribution in [3.63, 3.8) is 0 Å². The fraction of sp³-hybridized carbons (Fsp3) is 0.102. The van der Waals surface area contributed by atoms with Crippen LogP contribution in [0, 0.1) is 13.8 Å². The smallest absolute Gasteiger partial charge is 0.124 e. The molecule has 0 amide bonds. The van der Waals surface area contributed by atoms with Crippen molar-refractivity contribution in [3.05, 3.63) is 313 Å². The van der Waals surface area contributed by atoms with Gasteiger partial charge < -0.3 is 0 Å². The SMILES string of the molecule is CC(C)(C)c1ccc2nc(-c3ccc(-c4c5ccccc5c(-c5ccc(-c6nc7ccc(C(C)(C)C)cc7s6)cc5)c5cc6ccccc6cc45)cc3)sc2c1.Cc1ccc2nc(-c3ccc(-c4c5ccccc5c(-c5ccc(-c6nc7ccc(C)cc7s6)cc5)c5cc6ccccc6cc45)cc3)sc2c1.